The normalized spacial score (nSPS) is 14.5. The average molecular weight is 667 g/mol. The van der Waals surface area contributed by atoms with Crippen molar-refractivity contribution in [1.29, 1.82) is 0 Å². The molecule has 4 heteroatoms. The van der Waals surface area contributed by atoms with Gasteiger partial charge >= 0.3 is 0 Å². The van der Waals surface area contributed by atoms with E-state index in [2.05, 4.69) is 129 Å². The van der Waals surface area contributed by atoms with Crippen molar-refractivity contribution in [1.82, 2.24) is 0 Å². The number of allylic oxidation sites excluding steroid dienone is 7. The standard InChI is InChI=1S/C47H42N2O2/c1-31-16-26-42(33(3)28-31)48(30-36-12-8-6-9-13-36)40-22-18-38(19-23-40)44-46(50)45(47(44)51)39-20-24-41(25-21-39)49(35(5)37-14-10-7-11-15-37)43-27-17-32(2)29-34(43)4/h6-29,35H,30H2,1-5H3. The van der Waals surface area contributed by atoms with Crippen LogP contribution in [-0.4, -0.2) is 16.1 Å². The van der Waals surface area contributed by atoms with Gasteiger partial charge in [0.1, 0.15) is 0 Å². The molecule has 0 saturated carbocycles. The molecule has 0 aromatic heterocycles. The fourth-order valence-corrected chi connectivity index (χ4v) is 7.23. The van der Waals surface area contributed by atoms with Crippen molar-refractivity contribution in [2.75, 3.05) is 4.90 Å². The van der Waals surface area contributed by atoms with Crippen LogP contribution in [0.3, 0.4) is 0 Å². The maximum absolute atomic E-state index is 13.6. The first kappa shape index (κ1) is 33.5. The molecule has 2 aliphatic carbocycles. The van der Waals surface area contributed by atoms with E-state index in [1.165, 1.54) is 33.4 Å². The number of ketones is 1. The van der Waals surface area contributed by atoms with E-state index in [0.717, 1.165) is 22.8 Å². The van der Waals surface area contributed by atoms with Gasteiger partial charge in [0.2, 0.25) is 11.4 Å². The van der Waals surface area contributed by atoms with Gasteiger partial charge < -0.3 is 10.0 Å². The van der Waals surface area contributed by atoms with Crippen molar-refractivity contribution in [2.45, 2.75) is 47.2 Å². The van der Waals surface area contributed by atoms with E-state index in [1.54, 1.807) is 0 Å². The van der Waals surface area contributed by atoms with Crippen LogP contribution in [0.15, 0.2) is 163 Å². The van der Waals surface area contributed by atoms with Crippen LogP contribution in [0.1, 0.15) is 51.9 Å². The van der Waals surface area contributed by atoms with Gasteiger partial charge in [-0.05, 0) is 93.3 Å². The first-order chi connectivity index (χ1) is 24.7. The van der Waals surface area contributed by atoms with E-state index in [0.29, 0.717) is 17.7 Å². The smallest absolute Gasteiger partial charge is 0.208 e. The molecular formula is C47H42N2O2. The second-order valence-corrected chi connectivity index (χ2v) is 13.6. The highest BCUT2D eigenvalue weighted by Crippen LogP contribution is 2.41. The molecule has 0 radical (unpaired) electrons. The zero-order valence-corrected chi connectivity index (χ0v) is 29.9. The van der Waals surface area contributed by atoms with Crippen LogP contribution in [-0.2, 0) is 11.3 Å². The van der Waals surface area contributed by atoms with Crippen LogP contribution in [0.25, 0.3) is 5.57 Å². The fraction of sp³-hybridized carbons (Fsp3) is 0.149. The summed E-state index contributed by atoms with van der Waals surface area (Å²) in [5.74, 6) is -0.417. The molecule has 4 nitrogen and oxygen atoms in total. The van der Waals surface area contributed by atoms with E-state index in [1.807, 2.05) is 60.7 Å². The quantitative estimate of drug-likeness (QED) is 0.122. The minimum absolute atomic E-state index is 0.0551. The lowest BCUT2D eigenvalue weighted by atomic mass is 9.80. The number of benzene rings is 5. The summed E-state index contributed by atoms with van der Waals surface area (Å²) in [5, 5.41) is 13.6. The summed E-state index contributed by atoms with van der Waals surface area (Å²) in [5.41, 5.74) is 13.2. The highest BCUT2D eigenvalue weighted by Gasteiger charge is 2.31. The van der Waals surface area contributed by atoms with Gasteiger partial charge in [0, 0.05) is 51.9 Å². The summed E-state index contributed by atoms with van der Waals surface area (Å²) in [4.78, 5) is 15.9. The van der Waals surface area contributed by atoms with Crippen molar-refractivity contribution in [3.8, 4) is 0 Å². The molecule has 51 heavy (non-hydrogen) atoms. The zero-order valence-electron chi connectivity index (χ0n) is 29.9. The number of aryl methyl sites for hydroxylation is 4. The van der Waals surface area contributed by atoms with Crippen molar-refractivity contribution >= 4 is 34.1 Å². The maximum Gasteiger partial charge on any atom is 0.208 e. The number of Topliss-reactive ketones (excluding diaryl/α,β-unsaturated/α-hetero) is 1. The molecule has 0 heterocycles. The molecule has 1 unspecified atom stereocenters. The van der Waals surface area contributed by atoms with Gasteiger partial charge in [0.25, 0.3) is 0 Å². The van der Waals surface area contributed by atoms with Crippen LogP contribution in [0.5, 0.6) is 0 Å². The number of nitrogens with zero attached hydrogens (tertiary/aromatic N) is 2. The Bertz CT molecular complexity index is 2270. The number of hydrogen-bond donors (Lipinski definition) is 0. The van der Waals surface area contributed by atoms with Gasteiger partial charge in [-0.1, -0.05) is 108 Å². The van der Waals surface area contributed by atoms with Gasteiger partial charge in [-0.2, -0.15) is 4.58 Å². The summed E-state index contributed by atoms with van der Waals surface area (Å²) in [6, 6.07) is 41.7. The SMILES string of the molecule is Cc1ccc(N(c2ccc(C3=C([O-])C(=C4C=CC(=[N+](Cc5ccccc5)c5ccc(C)cc5C)C=C4)C3=O)cc2)C(C)c2ccccc2)c(C)c1. The number of carbonyl (C=O) groups is 1. The average Bonchev–Trinajstić information content (AvgIpc) is 3.14. The van der Waals surface area contributed by atoms with Crippen LogP contribution in [0.2, 0.25) is 0 Å². The second kappa shape index (κ2) is 14.1. The number of anilines is 2. The van der Waals surface area contributed by atoms with Crippen LogP contribution >= 0.6 is 0 Å². The monoisotopic (exact) mass is 666 g/mol. The van der Waals surface area contributed by atoms with Crippen molar-refractivity contribution in [3.05, 3.63) is 201 Å². The van der Waals surface area contributed by atoms with Crippen molar-refractivity contribution in [2.24, 2.45) is 0 Å². The summed E-state index contributed by atoms with van der Waals surface area (Å²) < 4.78 is 2.28. The maximum atomic E-state index is 13.6. The third-order valence-electron chi connectivity index (χ3n) is 9.92. The lowest BCUT2D eigenvalue weighted by molar-refractivity contribution is -0.456. The van der Waals surface area contributed by atoms with Gasteiger partial charge in [-0.15, -0.1) is 0 Å². The number of hydrogen-bond acceptors (Lipinski definition) is 3. The van der Waals surface area contributed by atoms with Gasteiger partial charge in [0.05, 0.1) is 6.04 Å². The van der Waals surface area contributed by atoms with E-state index < -0.39 is 0 Å². The molecule has 2 aliphatic rings. The van der Waals surface area contributed by atoms with Crippen molar-refractivity contribution in [3.63, 3.8) is 0 Å². The Morgan fingerprint density at radius 1 is 0.667 bits per heavy atom. The van der Waals surface area contributed by atoms with E-state index >= 15 is 0 Å². The molecular weight excluding hydrogens is 625 g/mol. The Kier molecular flexibility index (Phi) is 9.25. The zero-order chi connectivity index (χ0) is 35.6. The predicted octanol–water partition coefficient (Wildman–Crippen LogP) is 9.88. The summed E-state index contributed by atoms with van der Waals surface area (Å²) in [7, 11) is 0. The lowest BCUT2D eigenvalue weighted by Gasteiger charge is -2.34. The van der Waals surface area contributed by atoms with E-state index in [4.69, 9.17) is 0 Å². The summed E-state index contributed by atoms with van der Waals surface area (Å²) in [6.45, 7) is 11.4. The largest absolute Gasteiger partial charge is 0.871 e. The molecule has 0 aliphatic heterocycles. The fourth-order valence-electron chi connectivity index (χ4n) is 7.23. The highest BCUT2D eigenvalue weighted by atomic mass is 16.3. The Labute approximate surface area is 301 Å². The minimum Gasteiger partial charge on any atom is -0.871 e. The molecule has 7 rings (SSSR count). The third kappa shape index (κ3) is 6.65. The van der Waals surface area contributed by atoms with Crippen LogP contribution < -0.4 is 10.0 Å². The molecule has 252 valence electrons. The molecule has 1 atom stereocenters. The van der Waals surface area contributed by atoms with Crippen LogP contribution in [0.4, 0.5) is 17.1 Å². The lowest BCUT2D eigenvalue weighted by Crippen LogP contribution is -2.30. The Morgan fingerprint density at radius 2 is 1.27 bits per heavy atom. The molecule has 0 N–H and O–H groups in total. The Hall–Kier alpha value is -6.00. The topological polar surface area (TPSA) is 46.4 Å². The predicted molar refractivity (Wildman–Crippen MR) is 208 cm³/mol. The summed E-state index contributed by atoms with van der Waals surface area (Å²) in [6.07, 6.45) is 7.81. The van der Waals surface area contributed by atoms with Crippen molar-refractivity contribution < 1.29 is 14.5 Å². The molecule has 5 aromatic carbocycles. The number of rotatable bonds is 8. The molecule has 0 spiro atoms. The Morgan fingerprint density at radius 3 is 1.88 bits per heavy atom. The first-order valence-electron chi connectivity index (χ1n) is 17.5. The van der Waals surface area contributed by atoms with Gasteiger partial charge in [-0.25, -0.2) is 0 Å². The summed E-state index contributed by atoms with van der Waals surface area (Å²) >= 11 is 0. The van der Waals surface area contributed by atoms with Gasteiger partial charge in [-0.3, -0.25) is 4.79 Å². The highest BCUT2D eigenvalue weighted by molar-refractivity contribution is 6.39. The minimum atomic E-state index is -0.208. The van der Waals surface area contributed by atoms with Gasteiger partial charge in [0.15, 0.2) is 12.3 Å². The molecule has 0 saturated heterocycles. The molecule has 0 fully saturated rings. The molecule has 5 aromatic rings. The molecule has 0 bridgehead atoms. The van der Waals surface area contributed by atoms with Crippen LogP contribution in [0, 0.1) is 27.7 Å². The second-order valence-electron chi connectivity index (χ2n) is 13.6. The van der Waals surface area contributed by atoms with E-state index in [9.17, 15) is 9.90 Å². The van der Waals surface area contributed by atoms with E-state index in [-0.39, 0.29) is 28.7 Å². The third-order valence-corrected chi connectivity index (χ3v) is 9.92. The number of carbonyl (C=O) groups excluding carboxylic acids is 1. The Balaban J connectivity index is 1.20. The molecule has 0 amide bonds. The first-order valence-corrected chi connectivity index (χ1v) is 17.5.